The van der Waals surface area contributed by atoms with E-state index in [-0.39, 0.29) is 36.6 Å². The van der Waals surface area contributed by atoms with Crippen LogP contribution < -0.4 is 5.32 Å². The number of amides is 2. The summed E-state index contributed by atoms with van der Waals surface area (Å²) in [6, 6.07) is 1.93. The molecular weight excluding hydrogens is 370 g/mol. The molecule has 8 nitrogen and oxygen atoms in total. The summed E-state index contributed by atoms with van der Waals surface area (Å²) in [5.41, 5.74) is -0.390. The molecule has 1 aromatic heterocycles. The zero-order valence-corrected chi connectivity index (χ0v) is 16.3. The molecule has 0 radical (unpaired) electrons. The highest BCUT2D eigenvalue weighted by Crippen LogP contribution is 2.31. The molecule has 0 unspecified atom stereocenters. The molecule has 0 atom stereocenters. The van der Waals surface area contributed by atoms with E-state index in [4.69, 9.17) is 4.74 Å². The Morgan fingerprint density at radius 2 is 2.04 bits per heavy atom. The summed E-state index contributed by atoms with van der Waals surface area (Å²) in [5, 5.41) is 7.54. The fourth-order valence-corrected chi connectivity index (χ4v) is 4.26. The van der Waals surface area contributed by atoms with Crippen LogP contribution in [0, 0.1) is 5.92 Å². The van der Waals surface area contributed by atoms with Crippen LogP contribution in [0.3, 0.4) is 0 Å². The van der Waals surface area contributed by atoms with Crippen LogP contribution in [0.5, 0.6) is 0 Å². The van der Waals surface area contributed by atoms with Crippen LogP contribution >= 0.6 is 12.4 Å². The molecule has 4 rings (SSSR count). The summed E-state index contributed by atoms with van der Waals surface area (Å²) in [6.45, 7) is 4.81. The SMILES string of the molecule is Cl.O=C(CN1CC2(CCNCC2)OC1=O)N1CCC(Cn2cccn2)CC1. The molecule has 0 saturated carbocycles. The van der Waals surface area contributed by atoms with Gasteiger partial charge in [-0.1, -0.05) is 0 Å². The number of carbonyl (C=O) groups is 2. The molecule has 1 aromatic rings. The minimum atomic E-state index is -0.390. The average molecular weight is 398 g/mol. The topological polar surface area (TPSA) is 79.7 Å². The highest BCUT2D eigenvalue weighted by Gasteiger charge is 2.46. The van der Waals surface area contributed by atoms with E-state index in [9.17, 15) is 9.59 Å². The number of nitrogens with zero attached hydrogens (tertiary/aromatic N) is 4. The van der Waals surface area contributed by atoms with Crippen molar-refractivity contribution >= 4 is 24.4 Å². The monoisotopic (exact) mass is 397 g/mol. The van der Waals surface area contributed by atoms with E-state index in [1.165, 1.54) is 0 Å². The van der Waals surface area contributed by atoms with Gasteiger partial charge in [-0.15, -0.1) is 12.4 Å². The Morgan fingerprint density at radius 1 is 1.30 bits per heavy atom. The van der Waals surface area contributed by atoms with Crippen LogP contribution in [0.25, 0.3) is 0 Å². The highest BCUT2D eigenvalue weighted by molar-refractivity contribution is 5.85. The third-order valence-electron chi connectivity index (χ3n) is 5.85. The standard InChI is InChI=1S/C18H27N5O3.ClH/c24-16(13-22-14-18(26-17(22)25)4-7-19-8-5-18)21-10-2-15(3-11-21)12-23-9-1-6-20-23;/h1,6,9,15,19H,2-5,7-8,10-14H2;1H. The molecule has 9 heteroatoms. The van der Waals surface area contributed by atoms with Crippen LogP contribution in [0.15, 0.2) is 18.5 Å². The number of likely N-dealkylation sites (tertiary alicyclic amines) is 1. The summed E-state index contributed by atoms with van der Waals surface area (Å²) in [7, 11) is 0. The van der Waals surface area contributed by atoms with Crippen LogP contribution in [-0.4, -0.2) is 76.5 Å². The van der Waals surface area contributed by atoms with E-state index in [1.807, 2.05) is 21.8 Å². The van der Waals surface area contributed by atoms with E-state index >= 15 is 0 Å². The second kappa shape index (κ2) is 8.48. The van der Waals surface area contributed by atoms with E-state index in [0.29, 0.717) is 12.5 Å². The molecule has 3 saturated heterocycles. The molecule has 4 heterocycles. The fourth-order valence-electron chi connectivity index (χ4n) is 4.26. The summed E-state index contributed by atoms with van der Waals surface area (Å²) in [5.74, 6) is 0.583. The Morgan fingerprint density at radius 3 is 2.70 bits per heavy atom. The quantitative estimate of drug-likeness (QED) is 0.823. The van der Waals surface area contributed by atoms with Gasteiger partial charge in [-0.3, -0.25) is 14.4 Å². The summed E-state index contributed by atoms with van der Waals surface area (Å²) in [4.78, 5) is 28.3. The van der Waals surface area contributed by atoms with Crippen LogP contribution in [0.2, 0.25) is 0 Å². The maximum absolute atomic E-state index is 12.6. The molecule has 27 heavy (non-hydrogen) atoms. The molecule has 0 aromatic carbocycles. The van der Waals surface area contributed by atoms with Crippen molar-refractivity contribution < 1.29 is 14.3 Å². The maximum atomic E-state index is 12.6. The van der Waals surface area contributed by atoms with Gasteiger partial charge in [-0.2, -0.15) is 5.10 Å². The molecule has 2 amide bonds. The minimum Gasteiger partial charge on any atom is -0.441 e. The van der Waals surface area contributed by atoms with Gasteiger partial charge in [0, 0.05) is 44.9 Å². The van der Waals surface area contributed by atoms with Crippen molar-refractivity contribution in [2.24, 2.45) is 5.92 Å². The lowest BCUT2D eigenvalue weighted by atomic mass is 9.92. The van der Waals surface area contributed by atoms with Crippen molar-refractivity contribution in [1.82, 2.24) is 24.9 Å². The maximum Gasteiger partial charge on any atom is 0.410 e. The van der Waals surface area contributed by atoms with Gasteiger partial charge in [-0.25, -0.2) is 4.79 Å². The number of hydrogen-bond acceptors (Lipinski definition) is 5. The Kier molecular flexibility index (Phi) is 6.26. The van der Waals surface area contributed by atoms with Gasteiger partial charge in [0.2, 0.25) is 5.91 Å². The summed E-state index contributed by atoms with van der Waals surface area (Å²) < 4.78 is 7.59. The number of rotatable bonds is 4. The molecule has 150 valence electrons. The normalized spacial score (nSPS) is 22.6. The predicted molar refractivity (Wildman–Crippen MR) is 102 cm³/mol. The lowest BCUT2D eigenvalue weighted by molar-refractivity contribution is -0.133. The number of carbonyl (C=O) groups excluding carboxylic acids is 2. The second-order valence-corrected chi connectivity index (χ2v) is 7.71. The van der Waals surface area contributed by atoms with Crippen molar-refractivity contribution in [1.29, 1.82) is 0 Å². The Hall–Kier alpha value is -1.80. The highest BCUT2D eigenvalue weighted by atomic mass is 35.5. The summed E-state index contributed by atoms with van der Waals surface area (Å²) >= 11 is 0. The summed E-state index contributed by atoms with van der Waals surface area (Å²) in [6.07, 6.45) is 7.03. The second-order valence-electron chi connectivity index (χ2n) is 7.71. The number of piperidine rings is 2. The lowest BCUT2D eigenvalue weighted by Crippen LogP contribution is -2.47. The zero-order valence-electron chi connectivity index (χ0n) is 15.5. The van der Waals surface area contributed by atoms with E-state index < -0.39 is 0 Å². The van der Waals surface area contributed by atoms with Gasteiger partial charge in [0.25, 0.3) is 0 Å². The number of ether oxygens (including phenoxy) is 1. The van der Waals surface area contributed by atoms with Gasteiger partial charge in [0.15, 0.2) is 0 Å². The third kappa shape index (κ3) is 4.55. The molecule has 3 fully saturated rings. The van der Waals surface area contributed by atoms with E-state index in [0.717, 1.165) is 58.4 Å². The average Bonchev–Trinajstić information content (AvgIpc) is 3.25. The zero-order chi connectivity index (χ0) is 18.0. The first-order valence-electron chi connectivity index (χ1n) is 9.57. The largest absolute Gasteiger partial charge is 0.441 e. The van der Waals surface area contributed by atoms with Gasteiger partial charge >= 0.3 is 6.09 Å². The number of aromatic nitrogens is 2. The van der Waals surface area contributed by atoms with Gasteiger partial charge in [-0.05, 0) is 37.9 Å². The first-order valence-corrected chi connectivity index (χ1v) is 9.57. The lowest BCUT2D eigenvalue weighted by Gasteiger charge is -2.33. The van der Waals surface area contributed by atoms with Crippen LogP contribution in [-0.2, 0) is 16.1 Å². The first-order chi connectivity index (χ1) is 12.6. The van der Waals surface area contributed by atoms with Crippen molar-refractivity contribution in [3.63, 3.8) is 0 Å². The van der Waals surface area contributed by atoms with Crippen molar-refractivity contribution in [3.8, 4) is 0 Å². The van der Waals surface area contributed by atoms with Gasteiger partial charge < -0.3 is 15.0 Å². The van der Waals surface area contributed by atoms with Gasteiger partial charge in [0.05, 0.1) is 6.54 Å². The van der Waals surface area contributed by atoms with Gasteiger partial charge in [0.1, 0.15) is 12.1 Å². The van der Waals surface area contributed by atoms with Crippen LogP contribution in [0.1, 0.15) is 25.7 Å². The van der Waals surface area contributed by atoms with Crippen molar-refractivity contribution in [2.45, 2.75) is 37.8 Å². The van der Waals surface area contributed by atoms with Crippen molar-refractivity contribution in [2.75, 3.05) is 39.3 Å². The number of halogens is 1. The van der Waals surface area contributed by atoms with Crippen LogP contribution in [0.4, 0.5) is 4.79 Å². The van der Waals surface area contributed by atoms with Crippen molar-refractivity contribution in [3.05, 3.63) is 18.5 Å². The third-order valence-corrected chi connectivity index (χ3v) is 5.85. The Labute approximate surface area is 165 Å². The van der Waals surface area contributed by atoms with E-state index in [1.54, 1.807) is 11.1 Å². The smallest absolute Gasteiger partial charge is 0.410 e. The molecule has 1 spiro atoms. The molecule has 0 bridgehead atoms. The molecule has 3 aliphatic rings. The van der Waals surface area contributed by atoms with E-state index in [2.05, 4.69) is 10.4 Å². The Bertz CT molecular complexity index is 639. The molecule has 3 aliphatic heterocycles. The number of hydrogen-bond donors (Lipinski definition) is 1. The minimum absolute atomic E-state index is 0. The molecule has 0 aliphatic carbocycles. The molecular formula is C18H28ClN5O3. The first kappa shape index (κ1) is 19.9. The predicted octanol–water partition coefficient (Wildman–Crippen LogP) is 1.12. The Balaban J connectivity index is 0.00000210. The molecule has 1 N–H and O–H groups in total. The number of nitrogens with one attached hydrogen (secondary N) is 1. The fraction of sp³-hybridized carbons (Fsp3) is 0.722.